The molecular formula is C22H21F3N2O. The van der Waals surface area contributed by atoms with Crippen LogP contribution in [0.25, 0.3) is 11.3 Å². The van der Waals surface area contributed by atoms with Crippen LogP contribution in [-0.2, 0) is 12.7 Å². The van der Waals surface area contributed by atoms with Crippen LogP contribution < -0.4 is 4.90 Å². The number of benzene rings is 2. The molecule has 4 rings (SSSR count). The molecule has 2 heterocycles. The number of anilines is 1. The van der Waals surface area contributed by atoms with Crippen LogP contribution in [0.2, 0.25) is 0 Å². The first kappa shape index (κ1) is 18.6. The molecule has 1 fully saturated rings. The highest BCUT2D eigenvalue weighted by molar-refractivity contribution is 5.57. The van der Waals surface area contributed by atoms with Crippen molar-refractivity contribution in [1.29, 1.82) is 0 Å². The molecule has 1 saturated heterocycles. The Kier molecular flexibility index (Phi) is 5.13. The average Bonchev–Trinajstić information content (AvgIpc) is 3.17. The van der Waals surface area contributed by atoms with Gasteiger partial charge in [0.05, 0.1) is 12.1 Å². The van der Waals surface area contributed by atoms with Crippen molar-refractivity contribution in [1.82, 2.24) is 4.90 Å². The maximum atomic E-state index is 12.9. The van der Waals surface area contributed by atoms with Gasteiger partial charge in [0.15, 0.2) is 0 Å². The lowest BCUT2D eigenvalue weighted by Crippen LogP contribution is -2.46. The summed E-state index contributed by atoms with van der Waals surface area (Å²) in [4.78, 5) is 4.26. The zero-order valence-corrected chi connectivity index (χ0v) is 15.3. The number of halogens is 3. The van der Waals surface area contributed by atoms with Gasteiger partial charge in [-0.1, -0.05) is 36.4 Å². The summed E-state index contributed by atoms with van der Waals surface area (Å²) in [6, 6.07) is 19.5. The fourth-order valence-corrected chi connectivity index (χ4v) is 3.48. The van der Waals surface area contributed by atoms with Gasteiger partial charge in [0.1, 0.15) is 11.5 Å². The number of furan rings is 1. The van der Waals surface area contributed by atoms with Gasteiger partial charge in [-0.25, -0.2) is 0 Å². The van der Waals surface area contributed by atoms with Crippen molar-refractivity contribution in [3.63, 3.8) is 0 Å². The third kappa shape index (κ3) is 4.22. The predicted molar refractivity (Wildman–Crippen MR) is 103 cm³/mol. The smallest absolute Gasteiger partial charge is 0.416 e. The normalized spacial score (nSPS) is 15.8. The molecule has 0 N–H and O–H groups in total. The summed E-state index contributed by atoms with van der Waals surface area (Å²) in [5.74, 6) is 1.74. The van der Waals surface area contributed by atoms with E-state index in [1.54, 1.807) is 6.07 Å². The standard InChI is InChI=1S/C22H21F3N2O/c23-22(24,25)18-7-4-8-19(15-18)27-13-11-26(12-14-27)16-20-9-10-21(28-20)17-5-2-1-3-6-17/h1-10,15H,11-14,16H2. The molecule has 0 aliphatic carbocycles. The second-order valence-corrected chi connectivity index (χ2v) is 6.94. The molecule has 0 amide bonds. The summed E-state index contributed by atoms with van der Waals surface area (Å²) in [5, 5.41) is 0. The van der Waals surface area contributed by atoms with Crippen molar-refractivity contribution < 1.29 is 17.6 Å². The van der Waals surface area contributed by atoms with Gasteiger partial charge in [-0.15, -0.1) is 0 Å². The fraction of sp³-hybridized carbons (Fsp3) is 0.273. The van der Waals surface area contributed by atoms with Crippen molar-refractivity contribution in [3.8, 4) is 11.3 Å². The maximum Gasteiger partial charge on any atom is 0.416 e. The monoisotopic (exact) mass is 386 g/mol. The van der Waals surface area contributed by atoms with Crippen LogP contribution in [0.15, 0.2) is 71.1 Å². The first-order chi connectivity index (χ1) is 13.5. The molecule has 28 heavy (non-hydrogen) atoms. The molecule has 0 spiro atoms. The minimum absolute atomic E-state index is 0.601. The van der Waals surface area contributed by atoms with E-state index in [1.807, 2.05) is 47.4 Å². The minimum Gasteiger partial charge on any atom is -0.460 e. The van der Waals surface area contributed by atoms with Crippen molar-refractivity contribution in [2.24, 2.45) is 0 Å². The van der Waals surface area contributed by atoms with Crippen LogP contribution in [0.3, 0.4) is 0 Å². The molecule has 0 unspecified atom stereocenters. The van der Waals surface area contributed by atoms with Gasteiger partial charge in [0.25, 0.3) is 0 Å². The zero-order valence-electron chi connectivity index (χ0n) is 15.3. The number of piperazine rings is 1. The molecule has 1 aliphatic rings. The Hall–Kier alpha value is -2.73. The van der Waals surface area contributed by atoms with Crippen LogP contribution in [0.4, 0.5) is 18.9 Å². The Morgan fingerprint density at radius 1 is 0.821 bits per heavy atom. The summed E-state index contributed by atoms with van der Waals surface area (Å²) in [5.41, 5.74) is 1.07. The lowest BCUT2D eigenvalue weighted by Gasteiger charge is -2.35. The van der Waals surface area contributed by atoms with E-state index in [9.17, 15) is 13.2 Å². The number of hydrogen-bond donors (Lipinski definition) is 0. The third-order valence-corrected chi connectivity index (χ3v) is 5.01. The maximum absolute atomic E-state index is 12.9. The van der Waals surface area contributed by atoms with Crippen LogP contribution in [0, 0.1) is 0 Å². The Labute approximate surface area is 162 Å². The molecule has 3 aromatic rings. The van der Waals surface area contributed by atoms with Crippen LogP contribution in [0.5, 0.6) is 0 Å². The van der Waals surface area contributed by atoms with Crippen molar-refractivity contribution in [2.45, 2.75) is 12.7 Å². The number of hydrogen-bond acceptors (Lipinski definition) is 3. The van der Waals surface area contributed by atoms with Gasteiger partial charge in [-0.05, 0) is 30.3 Å². The molecule has 0 bridgehead atoms. The third-order valence-electron chi connectivity index (χ3n) is 5.01. The lowest BCUT2D eigenvalue weighted by atomic mass is 10.1. The molecule has 2 aromatic carbocycles. The quantitative estimate of drug-likeness (QED) is 0.608. The Balaban J connectivity index is 1.36. The summed E-state index contributed by atoms with van der Waals surface area (Å²) >= 11 is 0. The molecule has 0 atom stereocenters. The number of nitrogens with zero attached hydrogens (tertiary/aromatic N) is 2. The van der Waals surface area contributed by atoms with E-state index in [-0.39, 0.29) is 0 Å². The van der Waals surface area contributed by atoms with E-state index in [4.69, 9.17) is 4.42 Å². The first-order valence-electron chi connectivity index (χ1n) is 9.28. The molecule has 0 radical (unpaired) electrons. The summed E-state index contributed by atoms with van der Waals surface area (Å²) < 4.78 is 44.7. The van der Waals surface area contributed by atoms with Gasteiger partial charge in [-0.3, -0.25) is 4.90 Å². The highest BCUT2D eigenvalue weighted by Crippen LogP contribution is 2.32. The van der Waals surface area contributed by atoms with Crippen molar-refractivity contribution in [3.05, 3.63) is 78.1 Å². The Bertz CT molecular complexity index is 913. The topological polar surface area (TPSA) is 19.6 Å². The second-order valence-electron chi connectivity index (χ2n) is 6.94. The van der Waals surface area contributed by atoms with Gasteiger partial charge >= 0.3 is 6.18 Å². The van der Waals surface area contributed by atoms with E-state index in [2.05, 4.69) is 4.90 Å². The summed E-state index contributed by atoms with van der Waals surface area (Å²) in [7, 11) is 0. The molecule has 1 aliphatic heterocycles. The highest BCUT2D eigenvalue weighted by atomic mass is 19.4. The molecule has 146 valence electrons. The van der Waals surface area contributed by atoms with Gasteiger partial charge in [0, 0.05) is 37.4 Å². The first-order valence-corrected chi connectivity index (χ1v) is 9.28. The minimum atomic E-state index is -4.31. The second kappa shape index (κ2) is 7.72. The molecule has 1 aromatic heterocycles. The summed E-state index contributed by atoms with van der Waals surface area (Å²) in [6.45, 7) is 3.62. The molecular weight excluding hydrogens is 365 g/mol. The SMILES string of the molecule is FC(F)(F)c1cccc(N2CCN(Cc3ccc(-c4ccccc4)o3)CC2)c1. The van der Waals surface area contributed by atoms with E-state index in [1.165, 1.54) is 12.1 Å². The van der Waals surface area contributed by atoms with Crippen LogP contribution >= 0.6 is 0 Å². The number of alkyl halides is 3. The predicted octanol–water partition coefficient (Wildman–Crippen LogP) is 5.29. The summed E-state index contributed by atoms with van der Waals surface area (Å²) in [6.07, 6.45) is -4.31. The Morgan fingerprint density at radius 2 is 1.57 bits per heavy atom. The number of rotatable bonds is 4. The van der Waals surface area contributed by atoms with E-state index < -0.39 is 11.7 Å². The highest BCUT2D eigenvalue weighted by Gasteiger charge is 2.31. The van der Waals surface area contributed by atoms with Gasteiger partial charge in [-0.2, -0.15) is 13.2 Å². The lowest BCUT2D eigenvalue weighted by molar-refractivity contribution is -0.137. The van der Waals surface area contributed by atoms with Crippen molar-refractivity contribution >= 4 is 5.69 Å². The van der Waals surface area contributed by atoms with Crippen molar-refractivity contribution in [2.75, 3.05) is 31.1 Å². The largest absolute Gasteiger partial charge is 0.460 e. The molecule has 3 nitrogen and oxygen atoms in total. The van der Waals surface area contributed by atoms with Gasteiger partial charge in [0.2, 0.25) is 0 Å². The Morgan fingerprint density at radius 3 is 2.29 bits per heavy atom. The van der Waals surface area contributed by atoms with E-state index in [0.717, 1.165) is 36.2 Å². The average molecular weight is 386 g/mol. The van der Waals surface area contributed by atoms with E-state index >= 15 is 0 Å². The van der Waals surface area contributed by atoms with Gasteiger partial charge < -0.3 is 9.32 Å². The molecule has 0 saturated carbocycles. The molecule has 6 heteroatoms. The zero-order chi connectivity index (χ0) is 19.6. The van der Waals surface area contributed by atoms with Crippen LogP contribution in [0.1, 0.15) is 11.3 Å². The fourth-order valence-electron chi connectivity index (χ4n) is 3.48. The van der Waals surface area contributed by atoms with E-state index in [0.29, 0.717) is 25.3 Å². The van der Waals surface area contributed by atoms with Crippen LogP contribution in [-0.4, -0.2) is 31.1 Å².